The largest absolute Gasteiger partial charge is 0.378 e. The highest BCUT2D eigenvalue weighted by molar-refractivity contribution is 5.93. The number of nitrogens with one attached hydrogen (secondary N) is 1. The predicted octanol–water partition coefficient (Wildman–Crippen LogP) is 3.12. The maximum atomic E-state index is 13.5. The molecule has 0 spiro atoms. The summed E-state index contributed by atoms with van der Waals surface area (Å²) in [7, 11) is 0. The Balaban J connectivity index is 2.17. The molecule has 0 aromatic heterocycles. The average molecular weight is 294 g/mol. The summed E-state index contributed by atoms with van der Waals surface area (Å²) in [6.07, 6.45) is 0. The van der Waals surface area contributed by atoms with Gasteiger partial charge in [-0.25, -0.2) is 13.2 Å². The number of anilines is 1. The summed E-state index contributed by atoms with van der Waals surface area (Å²) in [6.45, 7) is 1.97. The summed E-state index contributed by atoms with van der Waals surface area (Å²) in [6, 6.07) is 6.81. The maximum absolute atomic E-state index is 13.5. The molecule has 2 rings (SSSR count). The second kappa shape index (κ2) is 5.87. The van der Waals surface area contributed by atoms with Crippen LogP contribution in [0, 0.1) is 24.4 Å². The zero-order chi connectivity index (χ0) is 15.6. The molecular weight excluding hydrogens is 281 g/mol. The van der Waals surface area contributed by atoms with Crippen molar-refractivity contribution >= 4 is 11.6 Å². The molecule has 1 amide bonds. The quantitative estimate of drug-likeness (QED) is 0.851. The molecule has 2 aromatic carbocycles. The lowest BCUT2D eigenvalue weighted by Gasteiger charge is -2.11. The first-order chi connectivity index (χ1) is 9.90. The number of hydrogen-bond acceptors (Lipinski definition) is 2. The van der Waals surface area contributed by atoms with Crippen molar-refractivity contribution in [2.75, 3.05) is 5.32 Å². The van der Waals surface area contributed by atoms with Crippen molar-refractivity contribution in [1.82, 2.24) is 0 Å². The molecule has 3 nitrogen and oxygen atoms in total. The Morgan fingerprint density at radius 2 is 1.86 bits per heavy atom. The van der Waals surface area contributed by atoms with Gasteiger partial charge in [-0.3, -0.25) is 4.79 Å². The van der Waals surface area contributed by atoms with Crippen molar-refractivity contribution < 1.29 is 18.0 Å². The van der Waals surface area contributed by atoms with Crippen molar-refractivity contribution in [3.05, 3.63) is 64.5 Å². The van der Waals surface area contributed by atoms with Crippen LogP contribution in [0.4, 0.5) is 18.9 Å². The molecule has 0 unspecified atom stereocenters. The number of amides is 1. The monoisotopic (exact) mass is 294 g/mol. The standard InChI is InChI=1S/C15H13F3N2O/c1-8-6-9(15(19)21)2-3-10(8)7-20-12-5-4-11(16)13(17)14(12)18/h2-6,20H,7H2,1H3,(H2,19,21). The lowest BCUT2D eigenvalue weighted by molar-refractivity contribution is 0.1000. The van der Waals surface area contributed by atoms with Gasteiger partial charge < -0.3 is 11.1 Å². The van der Waals surface area contributed by atoms with E-state index in [2.05, 4.69) is 5.32 Å². The van der Waals surface area contributed by atoms with E-state index in [4.69, 9.17) is 5.73 Å². The van der Waals surface area contributed by atoms with Gasteiger partial charge in [0.05, 0.1) is 5.69 Å². The molecule has 3 N–H and O–H groups in total. The number of carbonyl (C=O) groups excluding carboxylic acids is 1. The third-order valence-electron chi connectivity index (χ3n) is 3.13. The highest BCUT2D eigenvalue weighted by Crippen LogP contribution is 2.21. The number of nitrogens with two attached hydrogens (primary N) is 1. The Morgan fingerprint density at radius 3 is 2.48 bits per heavy atom. The van der Waals surface area contributed by atoms with Gasteiger partial charge in [0.1, 0.15) is 0 Å². The van der Waals surface area contributed by atoms with E-state index in [0.29, 0.717) is 5.56 Å². The topological polar surface area (TPSA) is 55.1 Å². The van der Waals surface area contributed by atoms with Crippen molar-refractivity contribution in [3.8, 4) is 0 Å². The summed E-state index contributed by atoms with van der Waals surface area (Å²) >= 11 is 0. The molecule has 0 aliphatic heterocycles. The molecule has 0 atom stereocenters. The van der Waals surface area contributed by atoms with E-state index in [9.17, 15) is 18.0 Å². The predicted molar refractivity (Wildman–Crippen MR) is 73.3 cm³/mol. The summed E-state index contributed by atoms with van der Waals surface area (Å²) in [5, 5.41) is 2.69. The Labute approximate surface area is 119 Å². The zero-order valence-corrected chi connectivity index (χ0v) is 11.2. The molecule has 0 radical (unpaired) electrons. The van der Waals surface area contributed by atoms with Crippen LogP contribution in [0.25, 0.3) is 0 Å². The Hall–Kier alpha value is -2.50. The summed E-state index contributed by atoms with van der Waals surface area (Å²) < 4.78 is 39.4. The number of carbonyl (C=O) groups is 1. The molecule has 0 saturated carbocycles. The van der Waals surface area contributed by atoms with E-state index in [-0.39, 0.29) is 12.2 Å². The first kappa shape index (κ1) is 14.9. The molecule has 0 aliphatic carbocycles. The van der Waals surface area contributed by atoms with E-state index in [0.717, 1.165) is 23.3 Å². The first-order valence-corrected chi connectivity index (χ1v) is 6.17. The molecule has 0 bridgehead atoms. The average Bonchev–Trinajstić information content (AvgIpc) is 2.45. The van der Waals surface area contributed by atoms with Gasteiger partial charge in [-0.05, 0) is 42.3 Å². The van der Waals surface area contributed by atoms with Crippen LogP contribution in [-0.2, 0) is 6.54 Å². The molecule has 21 heavy (non-hydrogen) atoms. The van der Waals surface area contributed by atoms with Crippen LogP contribution in [0.15, 0.2) is 30.3 Å². The summed E-state index contributed by atoms with van der Waals surface area (Å²) in [5.74, 6) is -4.55. The minimum Gasteiger partial charge on any atom is -0.378 e. The molecule has 2 aromatic rings. The SMILES string of the molecule is Cc1cc(C(N)=O)ccc1CNc1ccc(F)c(F)c1F. The van der Waals surface area contributed by atoms with Crippen LogP contribution in [-0.4, -0.2) is 5.91 Å². The number of aryl methyl sites for hydroxylation is 1. The molecule has 0 heterocycles. The van der Waals surface area contributed by atoms with E-state index in [1.54, 1.807) is 25.1 Å². The summed E-state index contributed by atoms with van der Waals surface area (Å²) in [5.41, 5.74) is 6.97. The van der Waals surface area contributed by atoms with Crippen molar-refractivity contribution in [2.45, 2.75) is 13.5 Å². The summed E-state index contributed by atoms with van der Waals surface area (Å²) in [4.78, 5) is 11.0. The van der Waals surface area contributed by atoms with Crippen molar-refractivity contribution in [2.24, 2.45) is 5.73 Å². The molecule has 6 heteroatoms. The third-order valence-corrected chi connectivity index (χ3v) is 3.13. The number of halogens is 3. The van der Waals surface area contributed by atoms with E-state index < -0.39 is 23.4 Å². The Kier molecular flexibility index (Phi) is 4.16. The number of primary amides is 1. The van der Waals surface area contributed by atoms with Gasteiger partial charge >= 0.3 is 0 Å². The Bertz CT molecular complexity index is 702. The first-order valence-electron chi connectivity index (χ1n) is 6.17. The van der Waals surface area contributed by atoms with Crippen LogP contribution < -0.4 is 11.1 Å². The second-order valence-corrected chi connectivity index (χ2v) is 4.58. The van der Waals surface area contributed by atoms with Gasteiger partial charge in [0.15, 0.2) is 17.5 Å². The molecule has 0 saturated heterocycles. The van der Waals surface area contributed by atoms with E-state index in [1.165, 1.54) is 0 Å². The molecular formula is C15H13F3N2O. The van der Waals surface area contributed by atoms with Crippen LogP contribution in [0.5, 0.6) is 0 Å². The van der Waals surface area contributed by atoms with Gasteiger partial charge in [-0.1, -0.05) is 6.07 Å². The van der Waals surface area contributed by atoms with Crippen LogP contribution in [0.2, 0.25) is 0 Å². The fraction of sp³-hybridized carbons (Fsp3) is 0.133. The molecule has 0 fully saturated rings. The van der Waals surface area contributed by atoms with Crippen molar-refractivity contribution in [1.29, 1.82) is 0 Å². The van der Waals surface area contributed by atoms with Crippen LogP contribution in [0.3, 0.4) is 0 Å². The Morgan fingerprint density at radius 1 is 1.14 bits per heavy atom. The van der Waals surface area contributed by atoms with Gasteiger partial charge in [-0.2, -0.15) is 0 Å². The zero-order valence-electron chi connectivity index (χ0n) is 11.2. The van der Waals surface area contributed by atoms with Gasteiger partial charge in [0, 0.05) is 12.1 Å². The smallest absolute Gasteiger partial charge is 0.248 e. The minimum atomic E-state index is -1.51. The van der Waals surface area contributed by atoms with Crippen molar-refractivity contribution in [3.63, 3.8) is 0 Å². The lowest BCUT2D eigenvalue weighted by atomic mass is 10.0. The van der Waals surface area contributed by atoms with Gasteiger partial charge in [0.2, 0.25) is 5.91 Å². The van der Waals surface area contributed by atoms with Crippen LogP contribution >= 0.6 is 0 Å². The van der Waals surface area contributed by atoms with Gasteiger partial charge in [-0.15, -0.1) is 0 Å². The fourth-order valence-corrected chi connectivity index (χ4v) is 1.90. The third kappa shape index (κ3) is 3.16. The van der Waals surface area contributed by atoms with Gasteiger partial charge in [0.25, 0.3) is 0 Å². The molecule has 0 aliphatic rings. The number of rotatable bonds is 4. The second-order valence-electron chi connectivity index (χ2n) is 4.58. The lowest BCUT2D eigenvalue weighted by Crippen LogP contribution is -2.12. The highest BCUT2D eigenvalue weighted by atomic mass is 19.2. The number of benzene rings is 2. The maximum Gasteiger partial charge on any atom is 0.248 e. The van der Waals surface area contributed by atoms with Crippen LogP contribution in [0.1, 0.15) is 21.5 Å². The molecule has 110 valence electrons. The van der Waals surface area contributed by atoms with E-state index >= 15 is 0 Å². The fourth-order valence-electron chi connectivity index (χ4n) is 1.90. The minimum absolute atomic E-state index is 0.132. The normalized spacial score (nSPS) is 10.5. The van der Waals surface area contributed by atoms with E-state index in [1.807, 2.05) is 0 Å². The number of hydrogen-bond donors (Lipinski definition) is 2. The highest BCUT2D eigenvalue weighted by Gasteiger charge is 2.13.